The van der Waals surface area contributed by atoms with Gasteiger partial charge in [-0.3, -0.25) is 0 Å². The van der Waals surface area contributed by atoms with Crippen molar-refractivity contribution < 1.29 is 4.74 Å². The lowest BCUT2D eigenvalue weighted by Gasteiger charge is -2.04. The van der Waals surface area contributed by atoms with E-state index in [0.717, 1.165) is 35.2 Å². The lowest BCUT2D eigenvalue weighted by Crippen LogP contribution is -2.19. The maximum atomic E-state index is 5.71. The monoisotopic (exact) mass is 292 g/mol. The number of nitrogens with zero attached hydrogens (tertiary/aromatic N) is 2. The highest BCUT2D eigenvalue weighted by Gasteiger charge is 2.06. The molecule has 20 heavy (non-hydrogen) atoms. The fourth-order valence-corrected chi connectivity index (χ4v) is 2.38. The van der Waals surface area contributed by atoms with Crippen LogP contribution in [0.3, 0.4) is 0 Å². The fraction of sp³-hybridized carbons (Fsp3) is 0.429. The Bertz CT molecular complexity index is 541. The summed E-state index contributed by atoms with van der Waals surface area (Å²) in [5.74, 6) is 1.68. The van der Waals surface area contributed by atoms with Crippen LogP contribution in [0.4, 0.5) is 5.13 Å². The van der Waals surface area contributed by atoms with Crippen molar-refractivity contribution in [2.75, 3.05) is 19.0 Å². The molecule has 0 aliphatic heterocycles. The normalized spacial score (nSPS) is 12.2. The van der Waals surface area contributed by atoms with Gasteiger partial charge in [-0.25, -0.2) is 4.98 Å². The minimum atomic E-state index is 0.201. The highest BCUT2D eigenvalue weighted by molar-refractivity contribution is 7.09. The van der Waals surface area contributed by atoms with E-state index >= 15 is 0 Å². The predicted octanol–water partition coefficient (Wildman–Crippen LogP) is 2.29. The van der Waals surface area contributed by atoms with Crippen LogP contribution in [0, 0.1) is 0 Å². The Balaban J connectivity index is 1.91. The van der Waals surface area contributed by atoms with E-state index in [9.17, 15) is 0 Å². The van der Waals surface area contributed by atoms with Gasteiger partial charge in [0.1, 0.15) is 11.6 Å². The van der Waals surface area contributed by atoms with Gasteiger partial charge in [0.25, 0.3) is 0 Å². The summed E-state index contributed by atoms with van der Waals surface area (Å²) in [5, 5.41) is 4.10. The summed E-state index contributed by atoms with van der Waals surface area (Å²) >= 11 is 1.39. The first-order valence-electron chi connectivity index (χ1n) is 6.62. The van der Waals surface area contributed by atoms with Gasteiger partial charge in [0.15, 0.2) is 0 Å². The number of hydrogen-bond acceptors (Lipinski definition) is 6. The molecule has 0 spiro atoms. The van der Waals surface area contributed by atoms with Crippen molar-refractivity contribution in [3.8, 4) is 5.75 Å². The van der Waals surface area contributed by atoms with Gasteiger partial charge in [0, 0.05) is 30.5 Å². The highest BCUT2D eigenvalue weighted by Crippen LogP contribution is 2.17. The lowest BCUT2D eigenvalue weighted by atomic mass is 10.1. The van der Waals surface area contributed by atoms with Crippen molar-refractivity contribution in [3.63, 3.8) is 0 Å². The zero-order valence-electron chi connectivity index (χ0n) is 11.8. The van der Waals surface area contributed by atoms with E-state index in [1.54, 1.807) is 7.11 Å². The predicted molar refractivity (Wildman–Crippen MR) is 82.5 cm³/mol. The minimum absolute atomic E-state index is 0.201. The Morgan fingerprint density at radius 1 is 1.45 bits per heavy atom. The number of hydrogen-bond donors (Lipinski definition) is 2. The number of aromatic nitrogens is 2. The largest absolute Gasteiger partial charge is 0.497 e. The van der Waals surface area contributed by atoms with E-state index in [4.69, 9.17) is 10.5 Å². The van der Waals surface area contributed by atoms with Crippen LogP contribution < -0.4 is 15.8 Å². The van der Waals surface area contributed by atoms with Crippen molar-refractivity contribution in [1.29, 1.82) is 0 Å². The second kappa shape index (κ2) is 7.21. The van der Waals surface area contributed by atoms with Crippen LogP contribution >= 0.6 is 11.5 Å². The van der Waals surface area contributed by atoms with E-state index in [0.29, 0.717) is 6.42 Å². The molecule has 1 unspecified atom stereocenters. The van der Waals surface area contributed by atoms with E-state index in [-0.39, 0.29) is 6.04 Å². The van der Waals surface area contributed by atoms with Crippen LogP contribution in [-0.4, -0.2) is 29.1 Å². The SMILES string of the molecule is COc1cccc(Cc2nsc(NCCC(C)N)n2)c1. The number of benzene rings is 1. The van der Waals surface area contributed by atoms with Crippen LogP contribution in [0.25, 0.3) is 0 Å². The summed E-state index contributed by atoms with van der Waals surface area (Å²) in [6.07, 6.45) is 1.63. The summed E-state index contributed by atoms with van der Waals surface area (Å²) < 4.78 is 9.57. The number of nitrogens with two attached hydrogens (primary N) is 1. The summed E-state index contributed by atoms with van der Waals surface area (Å²) in [6.45, 7) is 2.82. The van der Waals surface area contributed by atoms with Crippen molar-refractivity contribution in [3.05, 3.63) is 35.7 Å². The zero-order chi connectivity index (χ0) is 14.4. The Morgan fingerprint density at radius 2 is 2.30 bits per heavy atom. The second-order valence-electron chi connectivity index (χ2n) is 4.74. The van der Waals surface area contributed by atoms with Crippen molar-refractivity contribution in [2.24, 2.45) is 5.73 Å². The quantitative estimate of drug-likeness (QED) is 0.819. The van der Waals surface area contributed by atoms with E-state index in [2.05, 4.69) is 14.7 Å². The van der Waals surface area contributed by atoms with E-state index < -0.39 is 0 Å². The summed E-state index contributed by atoms with van der Waals surface area (Å²) in [4.78, 5) is 4.47. The third-order valence-electron chi connectivity index (χ3n) is 2.84. The van der Waals surface area contributed by atoms with Crippen LogP contribution in [0.5, 0.6) is 5.75 Å². The van der Waals surface area contributed by atoms with Gasteiger partial charge in [-0.05, 0) is 31.0 Å². The van der Waals surface area contributed by atoms with Gasteiger partial charge < -0.3 is 15.8 Å². The first kappa shape index (κ1) is 14.7. The van der Waals surface area contributed by atoms with Gasteiger partial charge in [0.05, 0.1) is 7.11 Å². The Morgan fingerprint density at radius 3 is 3.05 bits per heavy atom. The van der Waals surface area contributed by atoms with Gasteiger partial charge in [0.2, 0.25) is 5.13 Å². The lowest BCUT2D eigenvalue weighted by molar-refractivity contribution is 0.414. The summed E-state index contributed by atoms with van der Waals surface area (Å²) in [6, 6.07) is 8.16. The Labute approximate surface area is 123 Å². The summed E-state index contributed by atoms with van der Waals surface area (Å²) in [7, 11) is 1.67. The highest BCUT2D eigenvalue weighted by atomic mass is 32.1. The van der Waals surface area contributed by atoms with Crippen LogP contribution in [-0.2, 0) is 6.42 Å². The average molecular weight is 292 g/mol. The van der Waals surface area contributed by atoms with Crippen LogP contribution in [0.15, 0.2) is 24.3 Å². The third-order valence-corrected chi connectivity index (χ3v) is 3.55. The Hall–Kier alpha value is -1.66. The molecule has 5 nitrogen and oxygen atoms in total. The first-order valence-corrected chi connectivity index (χ1v) is 7.39. The smallest absolute Gasteiger partial charge is 0.202 e. The van der Waals surface area contributed by atoms with E-state index in [1.165, 1.54) is 11.5 Å². The third kappa shape index (κ3) is 4.47. The molecule has 6 heteroatoms. The molecule has 0 fully saturated rings. The molecule has 1 aromatic heterocycles. The molecule has 0 aliphatic rings. The van der Waals surface area contributed by atoms with E-state index in [1.807, 2.05) is 31.2 Å². The number of methoxy groups -OCH3 is 1. The fourth-order valence-electron chi connectivity index (χ4n) is 1.77. The molecule has 1 heterocycles. The molecule has 0 bridgehead atoms. The molecular formula is C14H20N4OS. The molecule has 2 aromatic rings. The van der Waals surface area contributed by atoms with Crippen LogP contribution in [0.1, 0.15) is 24.7 Å². The standard InChI is InChI=1S/C14H20N4OS/c1-10(15)6-7-16-14-17-13(18-20-14)9-11-4-3-5-12(8-11)19-2/h3-5,8,10H,6-7,9,15H2,1-2H3,(H,16,17,18). The van der Waals surface area contributed by atoms with Crippen molar-refractivity contribution in [1.82, 2.24) is 9.36 Å². The van der Waals surface area contributed by atoms with Gasteiger partial charge in [-0.2, -0.15) is 4.37 Å². The number of nitrogens with one attached hydrogen (secondary N) is 1. The second-order valence-corrected chi connectivity index (χ2v) is 5.49. The van der Waals surface area contributed by atoms with Gasteiger partial charge in [-0.15, -0.1) is 0 Å². The zero-order valence-corrected chi connectivity index (χ0v) is 12.6. The average Bonchev–Trinajstić information content (AvgIpc) is 2.86. The Kier molecular flexibility index (Phi) is 5.31. The molecule has 0 saturated carbocycles. The van der Waals surface area contributed by atoms with Crippen molar-refractivity contribution >= 4 is 16.7 Å². The first-order chi connectivity index (χ1) is 9.67. The molecule has 0 saturated heterocycles. The molecule has 0 radical (unpaired) electrons. The molecule has 0 amide bonds. The maximum absolute atomic E-state index is 5.71. The molecule has 108 valence electrons. The molecule has 0 aliphatic carbocycles. The number of ether oxygens (including phenoxy) is 1. The molecule has 1 aromatic carbocycles. The maximum Gasteiger partial charge on any atom is 0.202 e. The number of anilines is 1. The van der Waals surface area contributed by atoms with Crippen LogP contribution in [0.2, 0.25) is 0 Å². The van der Waals surface area contributed by atoms with Gasteiger partial charge in [-0.1, -0.05) is 12.1 Å². The summed E-state index contributed by atoms with van der Waals surface area (Å²) in [5.41, 5.74) is 6.85. The molecule has 3 N–H and O–H groups in total. The number of rotatable bonds is 7. The topological polar surface area (TPSA) is 73.1 Å². The minimum Gasteiger partial charge on any atom is -0.497 e. The molecular weight excluding hydrogens is 272 g/mol. The molecule has 1 atom stereocenters. The van der Waals surface area contributed by atoms with Crippen molar-refractivity contribution in [2.45, 2.75) is 25.8 Å². The molecule has 2 rings (SSSR count). The van der Waals surface area contributed by atoms with Gasteiger partial charge >= 0.3 is 0 Å².